The summed E-state index contributed by atoms with van der Waals surface area (Å²) in [6.45, 7) is 3.30. The normalized spacial score (nSPS) is 12.0. The van der Waals surface area contributed by atoms with Gasteiger partial charge < -0.3 is 14.8 Å². The van der Waals surface area contributed by atoms with Crippen molar-refractivity contribution in [2.45, 2.75) is 24.8 Å². The van der Waals surface area contributed by atoms with Gasteiger partial charge in [0.2, 0.25) is 5.91 Å². The molecule has 0 fully saturated rings. The van der Waals surface area contributed by atoms with Gasteiger partial charge in [0.25, 0.3) is 10.0 Å². The molecule has 0 aliphatic rings. The molecule has 0 aromatic heterocycles. The highest BCUT2D eigenvalue weighted by molar-refractivity contribution is 7.92. The zero-order valence-corrected chi connectivity index (χ0v) is 19.9. The maximum Gasteiger partial charge on any atom is 0.264 e. The molecule has 33 heavy (non-hydrogen) atoms. The van der Waals surface area contributed by atoms with Crippen LogP contribution in [0.15, 0.2) is 77.7 Å². The molecule has 1 amide bonds. The Hall–Kier alpha value is -3.52. The molecule has 3 aromatic carbocycles. The van der Waals surface area contributed by atoms with Gasteiger partial charge in [-0.3, -0.25) is 9.10 Å². The van der Waals surface area contributed by atoms with E-state index in [1.54, 1.807) is 30.3 Å². The maximum atomic E-state index is 13.6. The summed E-state index contributed by atoms with van der Waals surface area (Å²) < 4.78 is 39.0. The third-order valence-electron chi connectivity index (χ3n) is 5.23. The number of sulfonamides is 1. The Labute approximate surface area is 195 Å². The quantitative estimate of drug-likeness (QED) is 0.511. The molecule has 0 saturated heterocycles. The molecule has 0 radical (unpaired) electrons. The van der Waals surface area contributed by atoms with E-state index in [-0.39, 0.29) is 22.4 Å². The predicted octanol–water partition coefficient (Wildman–Crippen LogP) is 4.08. The number of amides is 1. The number of nitrogens with one attached hydrogen (secondary N) is 1. The predicted molar refractivity (Wildman–Crippen MR) is 128 cm³/mol. The maximum absolute atomic E-state index is 13.6. The third-order valence-corrected chi connectivity index (χ3v) is 7.00. The Balaban J connectivity index is 1.98. The number of carbonyl (C=O) groups is 1. The second-order valence-electron chi connectivity index (χ2n) is 7.56. The first-order valence-electron chi connectivity index (χ1n) is 10.4. The van der Waals surface area contributed by atoms with E-state index in [0.29, 0.717) is 5.75 Å². The van der Waals surface area contributed by atoms with Gasteiger partial charge in [-0.1, -0.05) is 48.0 Å². The lowest BCUT2D eigenvalue weighted by molar-refractivity contribution is -0.120. The van der Waals surface area contributed by atoms with Crippen LogP contribution in [0.25, 0.3) is 0 Å². The van der Waals surface area contributed by atoms with Crippen LogP contribution in [0.1, 0.15) is 24.1 Å². The zero-order chi connectivity index (χ0) is 24.0. The summed E-state index contributed by atoms with van der Waals surface area (Å²) in [4.78, 5) is 13.1. The van der Waals surface area contributed by atoms with Crippen LogP contribution in [0.2, 0.25) is 0 Å². The van der Waals surface area contributed by atoms with Gasteiger partial charge in [0.15, 0.2) is 0 Å². The minimum Gasteiger partial charge on any atom is -0.497 e. The smallest absolute Gasteiger partial charge is 0.264 e. The minimum absolute atomic E-state index is 0.0786. The average molecular weight is 469 g/mol. The van der Waals surface area contributed by atoms with E-state index < -0.39 is 22.5 Å². The van der Waals surface area contributed by atoms with Crippen LogP contribution < -0.4 is 19.1 Å². The van der Waals surface area contributed by atoms with E-state index in [2.05, 4.69) is 5.32 Å². The highest BCUT2D eigenvalue weighted by Crippen LogP contribution is 2.35. The largest absolute Gasteiger partial charge is 0.497 e. The Kier molecular flexibility index (Phi) is 7.60. The number of ether oxygens (including phenoxy) is 2. The minimum atomic E-state index is -4.07. The zero-order valence-electron chi connectivity index (χ0n) is 19.1. The van der Waals surface area contributed by atoms with Crippen molar-refractivity contribution in [1.82, 2.24) is 5.32 Å². The summed E-state index contributed by atoms with van der Waals surface area (Å²) in [6.07, 6.45) is 0. The molecule has 7 nitrogen and oxygen atoms in total. The van der Waals surface area contributed by atoms with Crippen molar-refractivity contribution >= 4 is 21.6 Å². The Morgan fingerprint density at radius 1 is 0.970 bits per heavy atom. The van der Waals surface area contributed by atoms with Crippen LogP contribution in [-0.2, 0) is 14.8 Å². The molecule has 3 aromatic rings. The first-order chi connectivity index (χ1) is 15.8. The Bertz CT molecular complexity index is 1200. The lowest BCUT2D eigenvalue weighted by Gasteiger charge is -2.26. The number of benzene rings is 3. The van der Waals surface area contributed by atoms with Gasteiger partial charge in [0.1, 0.15) is 18.0 Å². The fourth-order valence-corrected chi connectivity index (χ4v) is 4.80. The summed E-state index contributed by atoms with van der Waals surface area (Å²) >= 11 is 0. The number of nitrogens with zero attached hydrogens (tertiary/aromatic N) is 1. The topological polar surface area (TPSA) is 84.9 Å². The molecule has 0 aliphatic heterocycles. The molecule has 0 aliphatic carbocycles. The number of hydrogen-bond donors (Lipinski definition) is 1. The Morgan fingerprint density at radius 2 is 1.64 bits per heavy atom. The van der Waals surface area contributed by atoms with Crippen LogP contribution in [0.4, 0.5) is 5.69 Å². The van der Waals surface area contributed by atoms with Crippen LogP contribution in [0.5, 0.6) is 11.5 Å². The molecule has 1 N–H and O–H groups in total. The van der Waals surface area contributed by atoms with Crippen LogP contribution >= 0.6 is 0 Å². The van der Waals surface area contributed by atoms with Gasteiger partial charge in [-0.05, 0) is 43.7 Å². The van der Waals surface area contributed by atoms with Crippen molar-refractivity contribution in [3.63, 3.8) is 0 Å². The lowest BCUT2D eigenvalue weighted by atomic mass is 10.1. The summed E-state index contributed by atoms with van der Waals surface area (Å²) in [6, 6.07) is 20.4. The molecule has 1 atom stereocenters. The van der Waals surface area contributed by atoms with Gasteiger partial charge >= 0.3 is 0 Å². The van der Waals surface area contributed by atoms with Crippen molar-refractivity contribution in [2.24, 2.45) is 0 Å². The molecule has 174 valence electrons. The monoisotopic (exact) mass is 468 g/mol. The Morgan fingerprint density at radius 3 is 2.24 bits per heavy atom. The van der Waals surface area contributed by atoms with Crippen molar-refractivity contribution in [1.29, 1.82) is 0 Å². The molecule has 8 heteroatoms. The second-order valence-corrected chi connectivity index (χ2v) is 9.42. The summed E-state index contributed by atoms with van der Waals surface area (Å²) in [5.74, 6) is 0.333. The molecule has 3 rings (SSSR count). The molecular weight excluding hydrogens is 440 g/mol. The molecule has 0 saturated carbocycles. The molecule has 0 unspecified atom stereocenters. The van der Waals surface area contributed by atoms with Crippen LogP contribution in [0.3, 0.4) is 0 Å². The van der Waals surface area contributed by atoms with Gasteiger partial charge in [0.05, 0.1) is 30.8 Å². The molecular formula is C25H28N2O5S. The second kappa shape index (κ2) is 10.4. The van der Waals surface area contributed by atoms with Crippen molar-refractivity contribution < 1.29 is 22.7 Å². The van der Waals surface area contributed by atoms with E-state index >= 15 is 0 Å². The lowest BCUT2D eigenvalue weighted by Crippen LogP contribution is -2.41. The SMILES string of the molecule is COc1ccc(N(CC(=O)N[C@H](C)c2ccccc2)S(=O)(=O)c2ccc(C)cc2)c(OC)c1. The molecule has 0 bridgehead atoms. The first-order valence-corrected chi connectivity index (χ1v) is 11.9. The van der Waals surface area contributed by atoms with Crippen LogP contribution in [0, 0.1) is 6.92 Å². The number of hydrogen-bond acceptors (Lipinski definition) is 5. The van der Waals surface area contributed by atoms with Gasteiger partial charge in [0, 0.05) is 6.07 Å². The first kappa shape index (κ1) is 24.1. The molecule has 0 spiro atoms. The number of anilines is 1. The standard InChI is InChI=1S/C25H28N2O5S/c1-18-10-13-22(14-11-18)33(29,30)27(23-15-12-21(31-3)16-24(23)32-4)17-25(28)26-19(2)20-8-6-5-7-9-20/h5-16,19H,17H2,1-4H3,(H,26,28)/t19-/m1/s1. The van der Waals surface area contributed by atoms with Crippen molar-refractivity contribution in [2.75, 3.05) is 25.1 Å². The number of carbonyl (C=O) groups excluding carboxylic acids is 1. The fourth-order valence-electron chi connectivity index (χ4n) is 3.37. The van der Waals surface area contributed by atoms with E-state index in [0.717, 1.165) is 15.4 Å². The third kappa shape index (κ3) is 5.64. The van der Waals surface area contributed by atoms with E-state index in [9.17, 15) is 13.2 Å². The van der Waals surface area contributed by atoms with Crippen LogP contribution in [-0.4, -0.2) is 35.1 Å². The average Bonchev–Trinajstić information content (AvgIpc) is 2.83. The van der Waals surface area contributed by atoms with Crippen molar-refractivity contribution in [3.05, 3.63) is 83.9 Å². The van der Waals surface area contributed by atoms with E-state index in [4.69, 9.17) is 9.47 Å². The van der Waals surface area contributed by atoms with E-state index in [1.165, 1.54) is 26.4 Å². The summed E-state index contributed by atoms with van der Waals surface area (Å²) in [5, 5.41) is 2.88. The number of rotatable bonds is 9. The number of aryl methyl sites for hydroxylation is 1. The summed E-state index contributed by atoms with van der Waals surface area (Å²) in [5.41, 5.74) is 2.08. The highest BCUT2D eigenvalue weighted by Gasteiger charge is 2.30. The molecule has 0 heterocycles. The van der Waals surface area contributed by atoms with E-state index in [1.807, 2.05) is 44.2 Å². The van der Waals surface area contributed by atoms with Gasteiger partial charge in [-0.25, -0.2) is 8.42 Å². The summed E-state index contributed by atoms with van der Waals surface area (Å²) in [7, 11) is -1.12. The highest BCUT2D eigenvalue weighted by atomic mass is 32.2. The number of methoxy groups -OCH3 is 2. The van der Waals surface area contributed by atoms with Crippen molar-refractivity contribution in [3.8, 4) is 11.5 Å². The van der Waals surface area contributed by atoms with Gasteiger partial charge in [-0.15, -0.1) is 0 Å². The van der Waals surface area contributed by atoms with Gasteiger partial charge in [-0.2, -0.15) is 0 Å². The fraction of sp³-hybridized carbons (Fsp3) is 0.240.